The number of carbonyl (C=O) groups is 1. The number of aliphatic imine (C=N–C) groups is 1. The Bertz CT molecular complexity index is 677. The summed E-state index contributed by atoms with van der Waals surface area (Å²) >= 11 is 0. The summed E-state index contributed by atoms with van der Waals surface area (Å²) < 4.78 is 5.28. The van der Waals surface area contributed by atoms with Crippen LogP contribution in [0.3, 0.4) is 0 Å². The van der Waals surface area contributed by atoms with Crippen molar-refractivity contribution in [3.05, 3.63) is 29.8 Å². The van der Waals surface area contributed by atoms with E-state index in [1.165, 1.54) is 19.3 Å². The van der Waals surface area contributed by atoms with Gasteiger partial charge in [-0.3, -0.25) is 9.79 Å². The second kappa shape index (κ2) is 12.4. The lowest BCUT2D eigenvalue weighted by Gasteiger charge is -2.22. The number of hydrogen-bond donors (Lipinski definition) is 2. The van der Waals surface area contributed by atoms with Crippen molar-refractivity contribution < 1.29 is 9.53 Å². The van der Waals surface area contributed by atoms with Crippen LogP contribution in [0.4, 0.5) is 5.69 Å². The highest BCUT2D eigenvalue weighted by Gasteiger charge is 2.24. The Morgan fingerprint density at radius 1 is 1.24 bits per heavy atom. The molecule has 3 rings (SSSR count). The minimum atomic E-state index is 0. The lowest BCUT2D eigenvalue weighted by molar-refractivity contribution is -0.120. The molecule has 1 heterocycles. The maximum atomic E-state index is 12.5. The molecule has 1 atom stereocenters. The van der Waals surface area contributed by atoms with E-state index in [-0.39, 0.29) is 35.8 Å². The smallest absolute Gasteiger partial charge is 0.227 e. The summed E-state index contributed by atoms with van der Waals surface area (Å²) in [7, 11) is 3.59. The van der Waals surface area contributed by atoms with E-state index in [1.54, 1.807) is 7.11 Å². The molecule has 2 N–H and O–H groups in total. The largest absolute Gasteiger partial charge is 0.384 e. The fourth-order valence-corrected chi connectivity index (χ4v) is 4.28. The maximum absolute atomic E-state index is 12.5. The molecule has 6 nitrogen and oxygen atoms in total. The van der Waals surface area contributed by atoms with Crippen LogP contribution in [0.5, 0.6) is 0 Å². The van der Waals surface area contributed by atoms with Crippen LogP contribution in [0.15, 0.2) is 29.3 Å². The minimum absolute atomic E-state index is 0. The second-order valence-electron chi connectivity index (χ2n) is 7.98. The molecule has 0 bridgehead atoms. The van der Waals surface area contributed by atoms with Gasteiger partial charge in [-0.2, -0.15) is 0 Å². The van der Waals surface area contributed by atoms with Crippen LogP contribution < -0.4 is 10.6 Å². The number of methoxy groups -OCH3 is 1. The number of ether oxygens (including phenoxy) is 1. The van der Waals surface area contributed by atoms with Crippen molar-refractivity contribution in [3.63, 3.8) is 0 Å². The highest BCUT2D eigenvalue weighted by atomic mass is 127. The van der Waals surface area contributed by atoms with Gasteiger partial charge >= 0.3 is 0 Å². The molecule has 2 aliphatic rings. The van der Waals surface area contributed by atoms with E-state index < -0.39 is 0 Å². The molecule has 162 valence electrons. The van der Waals surface area contributed by atoms with Crippen LogP contribution in [0.1, 0.15) is 44.1 Å². The molecular weight excluding hydrogens is 479 g/mol. The molecule has 29 heavy (non-hydrogen) atoms. The first-order valence-electron chi connectivity index (χ1n) is 10.5. The molecule has 2 fully saturated rings. The van der Waals surface area contributed by atoms with Crippen molar-refractivity contribution >= 4 is 41.5 Å². The summed E-state index contributed by atoms with van der Waals surface area (Å²) in [6, 6.07) is 8.10. The molecule has 1 aliphatic heterocycles. The third kappa shape index (κ3) is 7.13. The van der Waals surface area contributed by atoms with E-state index in [4.69, 9.17) is 4.74 Å². The molecular formula is C22H35IN4O2. The van der Waals surface area contributed by atoms with Gasteiger partial charge in [0.05, 0.1) is 6.61 Å². The number of anilines is 1. The number of guanidine groups is 1. The average molecular weight is 514 g/mol. The van der Waals surface area contributed by atoms with E-state index in [1.807, 2.05) is 19.2 Å². The summed E-state index contributed by atoms with van der Waals surface area (Å²) in [6.07, 6.45) is 6.77. The van der Waals surface area contributed by atoms with Crippen LogP contribution in [0.2, 0.25) is 0 Å². The summed E-state index contributed by atoms with van der Waals surface area (Å²) in [6.45, 7) is 3.47. The quantitative estimate of drug-likeness (QED) is 0.344. The van der Waals surface area contributed by atoms with Crippen LogP contribution in [0.25, 0.3) is 0 Å². The van der Waals surface area contributed by atoms with Crippen molar-refractivity contribution in [2.24, 2.45) is 16.8 Å². The third-order valence-corrected chi connectivity index (χ3v) is 5.82. The van der Waals surface area contributed by atoms with E-state index in [2.05, 4.69) is 32.7 Å². The number of amides is 1. The number of benzene rings is 1. The zero-order valence-corrected chi connectivity index (χ0v) is 20.0. The molecule has 0 radical (unpaired) electrons. The van der Waals surface area contributed by atoms with Crippen molar-refractivity contribution in [2.45, 2.75) is 45.1 Å². The first-order valence-corrected chi connectivity index (χ1v) is 10.5. The Balaban J connectivity index is 0.00000300. The number of halogens is 1. The van der Waals surface area contributed by atoms with Crippen LogP contribution in [-0.2, 0) is 16.1 Å². The Labute approximate surface area is 191 Å². The standard InChI is InChI=1S/C22H34N4O2.HI/c1-23-22(26-12-11-18(15-26)16-28-2)24-14-17-7-6-10-20(13-17)25-21(27)19-8-4-3-5-9-19;/h6-7,10,13,18-19H,3-5,8-9,11-12,14-16H2,1-2H3,(H,23,24)(H,25,27);1H. The molecule has 1 aromatic rings. The van der Waals surface area contributed by atoms with Gasteiger partial charge in [0.2, 0.25) is 5.91 Å². The Hall–Kier alpha value is -1.35. The van der Waals surface area contributed by atoms with Gasteiger partial charge < -0.3 is 20.3 Å². The summed E-state index contributed by atoms with van der Waals surface area (Å²) in [4.78, 5) is 19.2. The highest BCUT2D eigenvalue weighted by molar-refractivity contribution is 14.0. The summed E-state index contributed by atoms with van der Waals surface area (Å²) in [5.41, 5.74) is 2.02. The molecule has 1 saturated carbocycles. The zero-order chi connectivity index (χ0) is 19.8. The normalized spacial score (nSPS) is 20.3. The van der Waals surface area contributed by atoms with Gasteiger partial charge in [-0.25, -0.2) is 0 Å². The predicted molar refractivity (Wildman–Crippen MR) is 129 cm³/mol. The molecule has 0 spiro atoms. The molecule has 0 aromatic heterocycles. The molecule has 1 amide bonds. The van der Waals surface area contributed by atoms with E-state index in [0.717, 1.165) is 56.2 Å². The molecule has 1 aliphatic carbocycles. The maximum Gasteiger partial charge on any atom is 0.227 e. The van der Waals surface area contributed by atoms with Crippen molar-refractivity contribution in [1.82, 2.24) is 10.2 Å². The van der Waals surface area contributed by atoms with Gasteiger partial charge in [0.25, 0.3) is 0 Å². The van der Waals surface area contributed by atoms with Gasteiger partial charge in [-0.1, -0.05) is 31.4 Å². The summed E-state index contributed by atoms with van der Waals surface area (Å²) in [5, 5.41) is 6.56. The number of hydrogen-bond acceptors (Lipinski definition) is 3. The van der Waals surface area contributed by atoms with Crippen LogP contribution >= 0.6 is 24.0 Å². The number of rotatable bonds is 6. The SMILES string of the molecule is CN=C(NCc1cccc(NC(=O)C2CCCCC2)c1)N1CCC(COC)C1.I. The minimum Gasteiger partial charge on any atom is -0.384 e. The fourth-order valence-electron chi connectivity index (χ4n) is 4.28. The first-order chi connectivity index (χ1) is 13.7. The van der Waals surface area contributed by atoms with Gasteiger partial charge in [0.15, 0.2) is 5.96 Å². The Morgan fingerprint density at radius 3 is 2.76 bits per heavy atom. The van der Waals surface area contributed by atoms with Gasteiger partial charge in [0, 0.05) is 51.3 Å². The lowest BCUT2D eigenvalue weighted by atomic mass is 9.88. The zero-order valence-electron chi connectivity index (χ0n) is 17.7. The van der Waals surface area contributed by atoms with E-state index in [0.29, 0.717) is 12.5 Å². The third-order valence-electron chi connectivity index (χ3n) is 5.82. The lowest BCUT2D eigenvalue weighted by Crippen LogP contribution is -2.39. The Kier molecular flexibility index (Phi) is 10.2. The predicted octanol–water partition coefficient (Wildman–Crippen LogP) is 3.87. The second-order valence-corrected chi connectivity index (χ2v) is 7.98. The number of likely N-dealkylation sites (tertiary alicyclic amines) is 1. The van der Waals surface area contributed by atoms with E-state index in [9.17, 15) is 4.79 Å². The molecule has 1 unspecified atom stereocenters. The number of carbonyl (C=O) groups excluding carboxylic acids is 1. The van der Waals surface area contributed by atoms with Crippen molar-refractivity contribution in [2.75, 3.05) is 39.2 Å². The average Bonchev–Trinajstić information content (AvgIpc) is 3.18. The van der Waals surface area contributed by atoms with Gasteiger partial charge in [0.1, 0.15) is 0 Å². The van der Waals surface area contributed by atoms with Crippen molar-refractivity contribution in [1.29, 1.82) is 0 Å². The fraction of sp³-hybridized carbons (Fsp3) is 0.636. The molecule has 1 saturated heterocycles. The number of nitrogens with zero attached hydrogens (tertiary/aromatic N) is 2. The summed E-state index contributed by atoms with van der Waals surface area (Å²) in [5.74, 6) is 1.84. The molecule has 1 aromatic carbocycles. The first kappa shape index (κ1) is 23.9. The van der Waals surface area contributed by atoms with E-state index >= 15 is 0 Å². The monoisotopic (exact) mass is 514 g/mol. The highest BCUT2D eigenvalue weighted by Crippen LogP contribution is 2.25. The number of nitrogens with one attached hydrogen (secondary N) is 2. The van der Waals surface area contributed by atoms with Gasteiger partial charge in [-0.05, 0) is 37.0 Å². The topological polar surface area (TPSA) is 66.0 Å². The van der Waals surface area contributed by atoms with Crippen molar-refractivity contribution in [3.8, 4) is 0 Å². The van der Waals surface area contributed by atoms with Crippen LogP contribution in [0, 0.1) is 11.8 Å². The Morgan fingerprint density at radius 2 is 2.03 bits per heavy atom. The van der Waals surface area contributed by atoms with Gasteiger partial charge in [-0.15, -0.1) is 24.0 Å². The van der Waals surface area contributed by atoms with Crippen LogP contribution in [-0.4, -0.2) is 50.6 Å². The molecule has 7 heteroatoms.